The van der Waals surface area contributed by atoms with Crippen molar-refractivity contribution in [3.63, 3.8) is 0 Å². The third-order valence-corrected chi connectivity index (χ3v) is 4.02. The molecule has 2 aromatic carbocycles. The number of para-hydroxylation sites is 1. The molecule has 0 fully saturated rings. The minimum atomic E-state index is -0.215. The van der Waals surface area contributed by atoms with Gasteiger partial charge in [0.2, 0.25) is 0 Å². The lowest BCUT2D eigenvalue weighted by Gasteiger charge is -2.12. The standard InChI is InChI=1S/C19H16BrN3O2/c1-12-17(23-18(24)14-7-6-8-15(20)11-14)13(2)22-19(21-12)25-16-9-4-3-5-10-16/h3-11H,1-2H3,(H,23,24). The van der Waals surface area contributed by atoms with Gasteiger partial charge in [-0.25, -0.2) is 0 Å². The third kappa shape index (κ3) is 4.22. The molecule has 0 unspecified atom stereocenters. The van der Waals surface area contributed by atoms with E-state index in [9.17, 15) is 4.79 Å². The van der Waals surface area contributed by atoms with Crippen LogP contribution in [0.5, 0.6) is 11.8 Å². The fraction of sp³-hybridized carbons (Fsp3) is 0.105. The van der Waals surface area contributed by atoms with Crippen LogP contribution in [0.2, 0.25) is 0 Å². The Bertz CT molecular complexity index is 891. The molecule has 1 N–H and O–H groups in total. The lowest BCUT2D eigenvalue weighted by molar-refractivity contribution is 0.102. The van der Waals surface area contributed by atoms with Crippen molar-refractivity contribution in [2.45, 2.75) is 13.8 Å². The molecule has 0 spiro atoms. The molecule has 6 heteroatoms. The number of aromatic nitrogens is 2. The zero-order chi connectivity index (χ0) is 17.8. The molecule has 1 heterocycles. The van der Waals surface area contributed by atoms with Crippen molar-refractivity contribution < 1.29 is 9.53 Å². The van der Waals surface area contributed by atoms with Crippen molar-refractivity contribution in [3.8, 4) is 11.8 Å². The summed E-state index contributed by atoms with van der Waals surface area (Å²) in [5.41, 5.74) is 2.42. The number of anilines is 1. The van der Waals surface area contributed by atoms with Gasteiger partial charge in [-0.3, -0.25) is 4.79 Å². The molecule has 3 rings (SSSR count). The predicted molar refractivity (Wildman–Crippen MR) is 100 cm³/mol. The van der Waals surface area contributed by atoms with Gasteiger partial charge in [0.25, 0.3) is 5.91 Å². The molecule has 25 heavy (non-hydrogen) atoms. The Kier molecular flexibility index (Phi) is 5.09. The van der Waals surface area contributed by atoms with Gasteiger partial charge in [0.1, 0.15) is 5.75 Å². The first-order chi connectivity index (χ1) is 12.0. The van der Waals surface area contributed by atoms with E-state index in [1.165, 1.54) is 0 Å². The number of rotatable bonds is 4. The zero-order valence-electron chi connectivity index (χ0n) is 13.8. The van der Waals surface area contributed by atoms with Crippen molar-refractivity contribution in [1.29, 1.82) is 0 Å². The van der Waals surface area contributed by atoms with E-state index < -0.39 is 0 Å². The molecule has 5 nitrogen and oxygen atoms in total. The van der Waals surface area contributed by atoms with Crippen LogP contribution in [-0.2, 0) is 0 Å². The third-order valence-electron chi connectivity index (χ3n) is 3.53. The Balaban J connectivity index is 1.82. The maximum absolute atomic E-state index is 12.4. The Morgan fingerprint density at radius 3 is 2.32 bits per heavy atom. The molecule has 0 aliphatic carbocycles. The largest absolute Gasteiger partial charge is 0.424 e. The van der Waals surface area contributed by atoms with E-state index >= 15 is 0 Å². The van der Waals surface area contributed by atoms with Gasteiger partial charge in [0.05, 0.1) is 17.1 Å². The number of carbonyl (C=O) groups is 1. The van der Waals surface area contributed by atoms with E-state index in [1.807, 2.05) is 56.3 Å². The van der Waals surface area contributed by atoms with Crippen LogP contribution in [0.15, 0.2) is 59.1 Å². The average molecular weight is 398 g/mol. The second kappa shape index (κ2) is 7.44. The Hall–Kier alpha value is -2.73. The van der Waals surface area contributed by atoms with Crippen molar-refractivity contribution in [2.75, 3.05) is 5.32 Å². The summed E-state index contributed by atoms with van der Waals surface area (Å²) in [4.78, 5) is 21.1. The van der Waals surface area contributed by atoms with E-state index in [1.54, 1.807) is 12.1 Å². The van der Waals surface area contributed by atoms with Crippen LogP contribution in [-0.4, -0.2) is 15.9 Å². The molecule has 126 valence electrons. The average Bonchev–Trinajstić information content (AvgIpc) is 2.59. The normalized spacial score (nSPS) is 10.4. The summed E-state index contributed by atoms with van der Waals surface area (Å²) in [6.45, 7) is 3.62. The van der Waals surface area contributed by atoms with Gasteiger partial charge in [0.15, 0.2) is 0 Å². The molecule has 3 aromatic rings. The number of ether oxygens (including phenoxy) is 1. The number of nitrogens with one attached hydrogen (secondary N) is 1. The summed E-state index contributed by atoms with van der Waals surface area (Å²) in [7, 11) is 0. The summed E-state index contributed by atoms with van der Waals surface area (Å²) in [5, 5.41) is 2.87. The first-order valence-electron chi connectivity index (χ1n) is 7.68. The van der Waals surface area contributed by atoms with Gasteiger partial charge < -0.3 is 10.1 Å². The molecule has 0 saturated heterocycles. The lowest BCUT2D eigenvalue weighted by Crippen LogP contribution is -2.15. The zero-order valence-corrected chi connectivity index (χ0v) is 15.4. The highest BCUT2D eigenvalue weighted by Gasteiger charge is 2.14. The fourth-order valence-electron chi connectivity index (χ4n) is 2.32. The number of hydrogen-bond donors (Lipinski definition) is 1. The highest BCUT2D eigenvalue weighted by molar-refractivity contribution is 9.10. The van der Waals surface area contributed by atoms with Crippen molar-refractivity contribution >= 4 is 27.5 Å². The van der Waals surface area contributed by atoms with E-state index in [2.05, 4.69) is 31.2 Å². The highest BCUT2D eigenvalue weighted by atomic mass is 79.9. The van der Waals surface area contributed by atoms with Crippen LogP contribution in [0.1, 0.15) is 21.7 Å². The van der Waals surface area contributed by atoms with Crippen molar-refractivity contribution in [2.24, 2.45) is 0 Å². The number of nitrogens with zero attached hydrogens (tertiary/aromatic N) is 2. The van der Waals surface area contributed by atoms with Gasteiger partial charge >= 0.3 is 6.01 Å². The second-order valence-corrected chi connectivity index (χ2v) is 6.35. The molecule has 1 aromatic heterocycles. The first kappa shape index (κ1) is 17.1. The summed E-state index contributed by atoms with van der Waals surface area (Å²) < 4.78 is 6.50. The van der Waals surface area contributed by atoms with Crippen LogP contribution in [0.3, 0.4) is 0 Å². The van der Waals surface area contributed by atoms with Gasteiger partial charge in [-0.2, -0.15) is 9.97 Å². The maximum Gasteiger partial charge on any atom is 0.322 e. The monoisotopic (exact) mass is 397 g/mol. The molecule has 0 aliphatic heterocycles. The number of carbonyl (C=O) groups excluding carboxylic acids is 1. The number of benzene rings is 2. The maximum atomic E-state index is 12.4. The van der Waals surface area contributed by atoms with Crippen LogP contribution in [0.25, 0.3) is 0 Å². The molecular weight excluding hydrogens is 382 g/mol. The number of amides is 1. The first-order valence-corrected chi connectivity index (χ1v) is 8.47. The Morgan fingerprint density at radius 2 is 1.68 bits per heavy atom. The van der Waals surface area contributed by atoms with E-state index in [0.29, 0.717) is 28.4 Å². The highest BCUT2D eigenvalue weighted by Crippen LogP contribution is 2.24. The molecule has 0 saturated carbocycles. The van der Waals surface area contributed by atoms with Crippen LogP contribution >= 0.6 is 15.9 Å². The summed E-state index contributed by atoms with van der Waals surface area (Å²) >= 11 is 3.36. The van der Waals surface area contributed by atoms with E-state index in [4.69, 9.17) is 4.74 Å². The summed E-state index contributed by atoms with van der Waals surface area (Å²) in [5.74, 6) is 0.444. The number of aryl methyl sites for hydroxylation is 2. The van der Waals surface area contributed by atoms with Crippen molar-refractivity contribution in [1.82, 2.24) is 9.97 Å². The second-order valence-electron chi connectivity index (χ2n) is 5.43. The molecule has 0 atom stereocenters. The van der Waals surface area contributed by atoms with Crippen LogP contribution in [0.4, 0.5) is 5.69 Å². The van der Waals surface area contributed by atoms with Crippen LogP contribution in [0, 0.1) is 13.8 Å². The van der Waals surface area contributed by atoms with Gasteiger partial charge in [-0.15, -0.1) is 0 Å². The van der Waals surface area contributed by atoms with Gasteiger partial charge in [-0.1, -0.05) is 40.2 Å². The van der Waals surface area contributed by atoms with Gasteiger partial charge in [-0.05, 0) is 44.2 Å². The predicted octanol–water partition coefficient (Wildman–Crippen LogP) is 4.90. The number of halogens is 1. The molecular formula is C19H16BrN3O2. The SMILES string of the molecule is Cc1nc(Oc2ccccc2)nc(C)c1NC(=O)c1cccc(Br)c1. The topological polar surface area (TPSA) is 64.1 Å². The summed E-state index contributed by atoms with van der Waals surface area (Å²) in [6.07, 6.45) is 0. The lowest BCUT2D eigenvalue weighted by atomic mass is 10.2. The molecule has 1 amide bonds. The van der Waals surface area contributed by atoms with Gasteiger partial charge in [0, 0.05) is 10.0 Å². The van der Waals surface area contributed by atoms with E-state index in [-0.39, 0.29) is 11.9 Å². The minimum Gasteiger partial charge on any atom is -0.424 e. The summed E-state index contributed by atoms with van der Waals surface area (Å²) in [6, 6.07) is 16.8. The Labute approximate surface area is 154 Å². The minimum absolute atomic E-state index is 0.215. The smallest absolute Gasteiger partial charge is 0.322 e. The quantitative estimate of drug-likeness (QED) is 0.679. The van der Waals surface area contributed by atoms with Crippen LogP contribution < -0.4 is 10.1 Å². The van der Waals surface area contributed by atoms with E-state index in [0.717, 1.165) is 4.47 Å². The Morgan fingerprint density at radius 1 is 1.00 bits per heavy atom. The van der Waals surface area contributed by atoms with Crippen molar-refractivity contribution in [3.05, 3.63) is 76.0 Å². The molecule has 0 bridgehead atoms. The molecule has 0 radical (unpaired) electrons. The molecule has 0 aliphatic rings. The number of hydrogen-bond acceptors (Lipinski definition) is 4. The fourth-order valence-corrected chi connectivity index (χ4v) is 2.72.